The molecule has 5 aromatic carbocycles. The summed E-state index contributed by atoms with van der Waals surface area (Å²) in [4.78, 5) is 15.3. The number of fused-ring (bicyclic) bond motifs is 3. The van der Waals surface area contributed by atoms with E-state index in [2.05, 4.69) is 133 Å². The van der Waals surface area contributed by atoms with Gasteiger partial charge >= 0.3 is 0 Å². The molecular weight excluding hydrogens is 510 g/mol. The Kier molecular flexibility index (Phi) is 6.07. The highest BCUT2D eigenvalue weighted by atomic mass is 15.0. The van der Waals surface area contributed by atoms with Crippen molar-refractivity contribution in [1.29, 1.82) is 0 Å². The van der Waals surface area contributed by atoms with Gasteiger partial charge < -0.3 is 0 Å². The van der Waals surface area contributed by atoms with Gasteiger partial charge in [-0.1, -0.05) is 133 Å². The molecule has 0 bridgehead atoms. The van der Waals surface area contributed by atoms with Gasteiger partial charge in [0.25, 0.3) is 0 Å². The molecule has 1 heterocycles. The molecule has 2 aliphatic rings. The number of nitrogens with zero attached hydrogens (tertiary/aromatic N) is 3. The number of hydrogen-bond acceptors (Lipinski definition) is 3. The molecule has 200 valence electrons. The Morgan fingerprint density at radius 2 is 1.33 bits per heavy atom. The van der Waals surface area contributed by atoms with Crippen LogP contribution < -0.4 is 0 Å². The van der Waals surface area contributed by atoms with Crippen molar-refractivity contribution in [2.75, 3.05) is 0 Å². The lowest BCUT2D eigenvalue weighted by molar-refractivity contribution is 0.819. The summed E-state index contributed by atoms with van der Waals surface area (Å²) < 4.78 is 0. The summed E-state index contributed by atoms with van der Waals surface area (Å²) in [6.07, 6.45) is 9.82. The molecule has 1 atom stereocenters. The van der Waals surface area contributed by atoms with Crippen molar-refractivity contribution in [2.45, 2.75) is 25.2 Å². The fourth-order valence-corrected chi connectivity index (χ4v) is 6.48. The van der Waals surface area contributed by atoms with Crippen LogP contribution >= 0.6 is 0 Å². The predicted molar refractivity (Wildman–Crippen MR) is 172 cm³/mol. The monoisotopic (exact) mass is 539 g/mol. The summed E-state index contributed by atoms with van der Waals surface area (Å²) in [6, 6.07) is 40.9. The number of aromatic nitrogens is 3. The first kappa shape index (κ1) is 24.6. The number of rotatable bonds is 4. The zero-order chi connectivity index (χ0) is 27.9. The molecule has 6 aromatic rings. The van der Waals surface area contributed by atoms with E-state index >= 15 is 0 Å². The summed E-state index contributed by atoms with van der Waals surface area (Å²) in [6.45, 7) is 0. The Labute approximate surface area is 246 Å². The molecule has 0 spiro atoms. The van der Waals surface area contributed by atoms with Crippen LogP contribution in [0.25, 0.3) is 45.2 Å². The molecule has 0 aliphatic heterocycles. The molecule has 2 aliphatic carbocycles. The molecule has 1 aromatic heterocycles. The van der Waals surface area contributed by atoms with Crippen LogP contribution in [0.4, 0.5) is 0 Å². The third-order valence-corrected chi connectivity index (χ3v) is 8.59. The maximum absolute atomic E-state index is 5.12. The molecule has 0 fully saturated rings. The standard InChI is InChI=1S/C39H29N3/c1-4-16-31-26(10-1)13-7-19-32(31)29-22-24-30(25-23-29)37-40-38(35-20-8-14-27-11-2-5-17-33(27)35)42-39(41-37)36-21-9-15-28-12-3-6-18-34(28)36/h1-8,10-14,16-18,20-25,32H,9,15,19H2. The third kappa shape index (κ3) is 4.35. The minimum Gasteiger partial charge on any atom is -0.208 e. The van der Waals surface area contributed by atoms with Crippen LogP contribution in [0.1, 0.15) is 52.4 Å². The first-order valence-electron chi connectivity index (χ1n) is 14.7. The molecule has 0 saturated carbocycles. The van der Waals surface area contributed by atoms with Crippen LogP contribution in [0.3, 0.4) is 0 Å². The molecule has 42 heavy (non-hydrogen) atoms. The first-order chi connectivity index (χ1) is 20.8. The van der Waals surface area contributed by atoms with E-state index in [1.807, 2.05) is 0 Å². The lowest BCUT2D eigenvalue weighted by Gasteiger charge is -2.22. The van der Waals surface area contributed by atoms with Crippen molar-refractivity contribution in [2.24, 2.45) is 0 Å². The van der Waals surface area contributed by atoms with Crippen molar-refractivity contribution in [3.63, 3.8) is 0 Å². The molecular formula is C39H29N3. The van der Waals surface area contributed by atoms with Gasteiger partial charge in [-0.2, -0.15) is 0 Å². The van der Waals surface area contributed by atoms with Crippen molar-refractivity contribution in [1.82, 2.24) is 15.0 Å². The average molecular weight is 540 g/mol. The second-order valence-electron chi connectivity index (χ2n) is 11.1. The number of aryl methyl sites for hydroxylation is 1. The van der Waals surface area contributed by atoms with Gasteiger partial charge in [-0.3, -0.25) is 0 Å². The number of hydrogen-bond donors (Lipinski definition) is 0. The van der Waals surface area contributed by atoms with E-state index in [9.17, 15) is 0 Å². The van der Waals surface area contributed by atoms with Crippen LogP contribution in [0, 0.1) is 0 Å². The van der Waals surface area contributed by atoms with Crippen LogP contribution in [0.5, 0.6) is 0 Å². The lowest BCUT2D eigenvalue weighted by atomic mass is 9.82. The Morgan fingerprint density at radius 3 is 2.29 bits per heavy atom. The second-order valence-corrected chi connectivity index (χ2v) is 11.1. The fraction of sp³-hybridized carbons (Fsp3) is 0.103. The average Bonchev–Trinajstić information content (AvgIpc) is 3.07. The van der Waals surface area contributed by atoms with E-state index in [1.54, 1.807) is 0 Å². The topological polar surface area (TPSA) is 38.7 Å². The highest BCUT2D eigenvalue weighted by Crippen LogP contribution is 2.37. The maximum atomic E-state index is 5.12. The molecule has 3 heteroatoms. The highest BCUT2D eigenvalue weighted by molar-refractivity contribution is 5.95. The molecule has 0 N–H and O–H groups in total. The molecule has 3 nitrogen and oxygen atoms in total. The van der Waals surface area contributed by atoms with Gasteiger partial charge in [0, 0.05) is 22.6 Å². The van der Waals surface area contributed by atoms with Gasteiger partial charge in [-0.05, 0) is 57.9 Å². The third-order valence-electron chi connectivity index (χ3n) is 8.59. The number of allylic oxidation sites excluding steroid dienone is 2. The smallest absolute Gasteiger partial charge is 0.164 e. The zero-order valence-corrected chi connectivity index (χ0v) is 23.2. The quantitative estimate of drug-likeness (QED) is 0.224. The highest BCUT2D eigenvalue weighted by Gasteiger charge is 2.21. The van der Waals surface area contributed by atoms with Crippen molar-refractivity contribution >= 4 is 22.4 Å². The van der Waals surface area contributed by atoms with Gasteiger partial charge in [0.05, 0.1) is 0 Å². The summed E-state index contributed by atoms with van der Waals surface area (Å²) in [5, 5.41) is 2.31. The van der Waals surface area contributed by atoms with E-state index in [4.69, 9.17) is 15.0 Å². The molecule has 0 saturated heterocycles. The second kappa shape index (κ2) is 10.4. The van der Waals surface area contributed by atoms with Gasteiger partial charge in [0.15, 0.2) is 17.5 Å². The Morgan fingerprint density at radius 1 is 0.595 bits per heavy atom. The van der Waals surface area contributed by atoms with Crippen LogP contribution in [0.2, 0.25) is 0 Å². The van der Waals surface area contributed by atoms with Gasteiger partial charge in [-0.15, -0.1) is 0 Å². The molecule has 0 amide bonds. The summed E-state index contributed by atoms with van der Waals surface area (Å²) >= 11 is 0. The van der Waals surface area contributed by atoms with Crippen molar-refractivity contribution < 1.29 is 0 Å². The Hall–Kier alpha value is -5.15. The van der Waals surface area contributed by atoms with Gasteiger partial charge in [0.2, 0.25) is 0 Å². The predicted octanol–water partition coefficient (Wildman–Crippen LogP) is 9.29. The van der Waals surface area contributed by atoms with E-state index in [-0.39, 0.29) is 0 Å². The lowest BCUT2D eigenvalue weighted by Crippen LogP contribution is -2.08. The van der Waals surface area contributed by atoms with E-state index in [1.165, 1.54) is 33.2 Å². The minimum atomic E-state index is 0.351. The Balaban J connectivity index is 1.26. The normalized spacial score (nSPS) is 15.6. The van der Waals surface area contributed by atoms with E-state index in [0.717, 1.165) is 47.2 Å². The van der Waals surface area contributed by atoms with E-state index in [0.29, 0.717) is 17.6 Å². The van der Waals surface area contributed by atoms with Gasteiger partial charge in [0.1, 0.15) is 0 Å². The summed E-state index contributed by atoms with van der Waals surface area (Å²) in [5.74, 6) is 2.48. The van der Waals surface area contributed by atoms with Crippen LogP contribution in [-0.4, -0.2) is 15.0 Å². The minimum absolute atomic E-state index is 0.351. The van der Waals surface area contributed by atoms with Crippen LogP contribution in [0.15, 0.2) is 127 Å². The summed E-state index contributed by atoms with van der Waals surface area (Å²) in [5.41, 5.74) is 9.65. The van der Waals surface area contributed by atoms with Gasteiger partial charge in [-0.25, -0.2) is 15.0 Å². The maximum Gasteiger partial charge on any atom is 0.164 e. The van der Waals surface area contributed by atoms with Crippen LogP contribution in [-0.2, 0) is 6.42 Å². The SMILES string of the molecule is C1=Cc2ccccc2C(c2ccc(-c3nc(C4=CCCc5ccccc54)nc(-c4cccc5ccccc45)n3)cc2)C1. The van der Waals surface area contributed by atoms with Crippen molar-refractivity contribution in [3.05, 3.63) is 161 Å². The largest absolute Gasteiger partial charge is 0.208 e. The molecule has 0 radical (unpaired) electrons. The van der Waals surface area contributed by atoms with Crippen molar-refractivity contribution in [3.8, 4) is 22.8 Å². The molecule has 8 rings (SSSR count). The fourth-order valence-electron chi connectivity index (χ4n) is 6.48. The first-order valence-corrected chi connectivity index (χ1v) is 14.7. The Bertz CT molecular complexity index is 2010. The number of benzene rings is 5. The van der Waals surface area contributed by atoms with E-state index < -0.39 is 0 Å². The molecule has 1 unspecified atom stereocenters. The zero-order valence-electron chi connectivity index (χ0n) is 23.2. The summed E-state index contributed by atoms with van der Waals surface area (Å²) in [7, 11) is 0.